The minimum atomic E-state index is -0.657. The van der Waals surface area contributed by atoms with E-state index in [1.165, 1.54) is 4.90 Å². The minimum Gasteiger partial charge on any atom is -0.485 e. The first-order chi connectivity index (χ1) is 13.5. The molecule has 1 aromatic rings. The summed E-state index contributed by atoms with van der Waals surface area (Å²) in [6.45, 7) is 4.78. The number of carbonyl (C=O) groups is 2. The van der Waals surface area contributed by atoms with Crippen LogP contribution in [-0.2, 0) is 4.79 Å². The highest BCUT2D eigenvalue weighted by molar-refractivity contribution is 6.07. The van der Waals surface area contributed by atoms with Crippen molar-refractivity contribution in [1.29, 1.82) is 0 Å². The Bertz CT molecular complexity index is 747. The maximum atomic E-state index is 13.0. The lowest BCUT2D eigenvalue weighted by atomic mass is 9.82. The number of imide groups is 1. The summed E-state index contributed by atoms with van der Waals surface area (Å²) in [4.78, 5) is 31.1. The molecule has 1 saturated heterocycles. The number of urea groups is 1. The number of carbonyl (C=O) groups excluding carboxylic acids is 2. The number of nitrogens with zero attached hydrogens (tertiary/aromatic N) is 3. The van der Waals surface area contributed by atoms with Crippen LogP contribution in [-0.4, -0.2) is 66.7 Å². The van der Waals surface area contributed by atoms with Crippen molar-refractivity contribution in [2.45, 2.75) is 50.7 Å². The number of likely N-dealkylation sites (N-methyl/N-ethyl adjacent to an activating group) is 2. The Balaban J connectivity index is 1.39. The molecule has 0 unspecified atom stereocenters. The van der Waals surface area contributed by atoms with Crippen LogP contribution in [0.1, 0.15) is 39.0 Å². The van der Waals surface area contributed by atoms with Gasteiger partial charge in [0.2, 0.25) is 0 Å². The van der Waals surface area contributed by atoms with Gasteiger partial charge in [0, 0.05) is 13.1 Å². The van der Waals surface area contributed by atoms with E-state index < -0.39 is 5.54 Å². The van der Waals surface area contributed by atoms with E-state index in [9.17, 15) is 9.59 Å². The Hall–Kier alpha value is -2.28. The van der Waals surface area contributed by atoms with Gasteiger partial charge in [-0.2, -0.15) is 0 Å². The molecule has 1 N–H and O–H groups in total. The molecule has 1 saturated carbocycles. The van der Waals surface area contributed by atoms with Gasteiger partial charge in [-0.1, -0.05) is 31.4 Å². The SMILES string of the molecule is CCN1C[C@H](CN(C)CN2C(=O)NC3(CCCCC3)C2=O)Oc2ccccc21. The van der Waals surface area contributed by atoms with Crippen molar-refractivity contribution in [1.82, 2.24) is 15.1 Å². The number of amides is 3. The van der Waals surface area contributed by atoms with Gasteiger partial charge in [0.1, 0.15) is 17.4 Å². The van der Waals surface area contributed by atoms with Crippen LogP contribution in [0.3, 0.4) is 0 Å². The summed E-state index contributed by atoms with van der Waals surface area (Å²) in [5.74, 6) is 0.833. The molecular formula is C21H30N4O3. The van der Waals surface area contributed by atoms with Gasteiger partial charge in [-0.25, -0.2) is 9.69 Å². The molecule has 2 aliphatic heterocycles. The number of para-hydroxylation sites is 2. The first-order valence-electron chi connectivity index (χ1n) is 10.4. The van der Waals surface area contributed by atoms with Crippen molar-refractivity contribution in [3.05, 3.63) is 24.3 Å². The maximum absolute atomic E-state index is 13.0. The van der Waals surface area contributed by atoms with E-state index in [0.29, 0.717) is 13.2 Å². The molecule has 4 rings (SSSR count). The van der Waals surface area contributed by atoms with Gasteiger partial charge < -0.3 is 15.0 Å². The number of benzene rings is 1. The summed E-state index contributed by atoms with van der Waals surface area (Å²) < 4.78 is 6.18. The molecule has 1 aromatic carbocycles. The second-order valence-corrected chi connectivity index (χ2v) is 8.23. The Kier molecular flexibility index (Phi) is 5.19. The molecule has 1 spiro atoms. The number of fused-ring (bicyclic) bond motifs is 1. The van der Waals surface area contributed by atoms with E-state index in [1.807, 2.05) is 30.1 Å². The molecule has 0 radical (unpaired) electrons. The second kappa shape index (κ2) is 7.62. The highest BCUT2D eigenvalue weighted by atomic mass is 16.5. The van der Waals surface area contributed by atoms with Crippen molar-refractivity contribution >= 4 is 17.6 Å². The third kappa shape index (κ3) is 3.43. The summed E-state index contributed by atoms with van der Waals surface area (Å²) in [6.07, 6.45) is 4.64. The predicted molar refractivity (Wildman–Crippen MR) is 107 cm³/mol. The summed E-state index contributed by atoms with van der Waals surface area (Å²) in [6, 6.07) is 7.82. The van der Waals surface area contributed by atoms with E-state index in [1.54, 1.807) is 0 Å². The molecule has 0 aromatic heterocycles. The Morgan fingerprint density at radius 2 is 1.96 bits per heavy atom. The zero-order valence-corrected chi connectivity index (χ0v) is 16.8. The minimum absolute atomic E-state index is 0.00995. The summed E-state index contributed by atoms with van der Waals surface area (Å²) in [5.41, 5.74) is 0.465. The van der Waals surface area contributed by atoms with Crippen LogP contribution in [0.4, 0.5) is 10.5 Å². The Morgan fingerprint density at radius 3 is 2.71 bits per heavy atom. The lowest BCUT2D eigenvalue weighted by Gasteiger charge is -2.37. The fraction of sp³-hybridized carbons (Fsp3) is 0.619. The summed E-state index contributed by atoms with van der Waals surface area (Å²) in [7, 11) is 1.94. The fourth-order valence-electron chi connectivity index (χ4n) is 4.72. The van der Waals surface area contributed by atoms with E-state index in [-0.39, 0.29) is 18.0 Å². The molecule has 152 valence electrons. The van der Waals surface area contributed by atoms with Gasteiger partial charge in [0.15, 0.2) is 0 Å². The molecular weight excluding hydrogens is 356 g/mol. The highest BCUT2D eigenvalue weighted by Gasteiger charge is 2.51. The molecule has 3 aliphatic rings. The van der Waals surface area contributed by atoms with Crippen LogP contribution in [0.5, 0.6) is 5.75 Å². The average molecular weight is 386 g/mol. The number of hydrogen-bond donors (Lipinski definition) is 1. The molecule has 1 aliphatic carbocycles. The third-order valence-electron chi connectivity index (χ3n) is 6.16. The van der Waals surface area contributed by atoms with Gasteiger partial charge >= 0.3 is 6.03 Å². The molecule has 28 heavy (non-hydrogen) atoms. The Labute approximate surface area is 166 Å². The standard InChI is InChI=1S/C21H30N4O3/c1-3-24-14-16(28-18-10-6-5-9-17(18)24)13-23(2)15-25-19(26)21(22-20(25)27)11-7-4-8-12-21/h5-6,9-10,16H,3-4,7-8,11-15H2,1-2H3,(H,22,27)/t16-/m0/s1. The quantitative estimate of drug-likeness (QED) is 0.788. The summed E-state index contributed by atoms with van der Waals surface area (Å²) >= 11 is 0. The van der Waals surface area contributed by atoms with Gasteiger partial charge in [-0.3, -0.25) is 9.69 Å². The van der Waals surface area contributed by atoms with Crippen LogP contribution in [0.2, 0.25) is 0 Å². The zero-order valence-electron chi connectivity index (χ0n) is 16.8. The Morgan fingerprint density at radius 1 is 1.21 bits per heavy atom. The molecule has 3 amide bonds. The second-order valence-electron chi connectivity index (χ2n) is 8.23. The molecule has 2 heterocycles. The fourth-order valence-corrected chi connectivity index (χ4v) is 4.72. The lowest BCUT2D eigenvalue weighted by molar-refractivity contribution is -0.133. The van der Waals surface area contributed by atoms with Crippen molar-refractivity contribution in [3.63, 3.8) is 0 Å². The maximum Gasteiger partial charge on any atom is 0.326 e. The van der Waals surface area contributed by atoms with Crippen molar-refractivity contribution in [2.24, 2.45) is 0 Å². The van der Waals surface area contributed by atoms with Crippen molar-refractivity contribution < 1.29 is 14.3 Å². The summed E-state index contributed by atoms with van der Waals surface area (Å²) in [5, 5.41) is 2.98. The number of anilines is 1. The van der Waals surface area contributed by atoms with Crippen molar-refractivity contribution in [3.8, 4) is 5.75 Å². The van der Waals surface area contributed by atoms with Gasteiger partial charge in [0.25, 0.3) is 5.91 Å². The van der Waals surface area contributed by atoms with Crippen LogP contribution in [0, 0.1) is 0 Å². The predicted octanol–water partition coefficient (Wildman–Crippen LogP) is 2.42. The van der Waals surface area contributed by atoms with Gasteiger partial charge in [-0.05, 0) is 38.9 Å². The van der Waals surface area contributed by atoms with Crippen LogP contribution in [0.25, 0.3) is 0 Å². The zero-order chi connectivity index (χ0) is 19.7. The van der Waals surface area contributed by atoms with Gasteiger partial charge in [0.05, 0.1) is 18.9 Å². The van der Waals surface area contributed by atoms with Crippen LogP contribution >= 0.6 is 0 Å². The number of rotatable bonds is 5. The first kappa shape index (κ1) is 19.1. The van der Waals surface area contributed by atoms with Crippen molar-refractivity contribution in [2.75, 3.05) is 38.3 Å². The molecule has 7 nitrogen and oxygen atoms in total. The topological polar surface area (TPSA) is 65.1 Å². The number of nitrogens with one attached hydrogen (secondary N) is 1. The number of ether oxygens (including phenoxy) is 1. The van der Waals surface area contributed by atoms with Gasteiger partial charge in [-0.15, -0.1) is 0 Å². The molecule has 0 bridgehead atoms. The highest BCUT2D eigenvalue weighted by Crippen LogP contribution is 2.34. The molecule has 7 heteroatoms. The van der Waals surface area contributed by atoms with E-state index in [2.05, 4.69) is 23.2 Å². The van der Waals surface area contributed by atoms with Crippen LogP contribution < -0.4 is 15.0 Å². The largest absolute Gasteiger partial charge is 0.485 e. The first-order valence-corrected chi connectivity index (χ1v) is 10.4. The lowest BCUT2D eigenvalue weighted by Crippen LogP contribution is -2.50. The van der Waals surface area contributed by atoms with Crippen LogP contribution in [0.15, 0.2) is 24.3 Å². The van der Waals surface area contributed by atoms with E-state index >= 15 is 0 Å². The third-order valence-corrected chi connectivity index (χ3v) is 6.16. The van der Waals surface area contributed by atoms with E-state index in [0.717, 1.165) is 56.6 Å². The number of hydrogen-bond acceptors (Lipinski definition) is 5. The monoisotopic (exact) mass is 386 g/mol. The normalized spacial score (nSPS) is 23.8. The smallest absolute Gasteiger partial charge is 0.326 e. The average Bonchev–Trinajstić information content (AvgIpc) is 2.91. The van der Waals surface area contributed by atoms with E-state index in [4.69, 9.17) is 4.74 Å². The molecule has 2 fully saturated rings. The molecule has 1 atom stereocenters.